The van der Waals surface area contributed by atoms with Crippen LogP contribution in [0.2, 0.25) is 0 Å². The first-order valence-electron chi connectivity index (χ1n) is 6.24. The Hall–Kier alpha value is -1.69. The van der Waals surface area contributed by atoms with Crippen LogP contribution in [0.15, 0.2) is 18.3 Å². The van der Waals surface area contributed by atoms with Gasteiger partial charge >= 0.3 is 0 Å². The predicted octanol–water partition coefficient (Wildman–Crippen LogP) is 1.02. The molecule has 0 aliphatic rings. The minimum atomic E-state index is 0.0743. The Morgan fingerprint density at radius 2 is 2.05 bits per heavy atom. The molecule has 1 amide bonds. The molecular formula is C13H20N4OS. The maximum atomic E-state index is 12.1. The van der Waals surface area contributed by atoms with Crippen molar-refractivity contribution in [1.82, 2.24) is 9.88 Å². The lowest BCUT2D eigenvalue weighted by Gasteiger charge is -2.25. The molecule has 1 rings (SSSR count). The van der Waals surface area contributed by atoms with Crippen LogP contribution in [0.4, 0.5) is 5.69 Å². The molecular weight excluding hydrogens is 260 g/mol. The zero-order chi connectivity index (χ0) is 14.4. The van der Waals surface area contributed by atoms with Crippen LogP contribution in [0.1, 0.15) is 19.5 Å². The van der Waals surface area contributed by atoms with Crippen LogP contribution in [-0.2, 0) is 4.79 Å². The van der Waals surface area contributed by atoms with E-state index in [-0.39, 0.29) is 17.4 Å². The van der Waals surface area contributed by atoms with Gasteiger partial charge in [-0.1, -0.05) is 12.2 Å². The first kappa shape index (κ1) is 15.4. The lowest BCUT2D eigenvalue weighted by atomic mass is 10.2. The third-order valence-corrected chi connectivity index (χ3v) is 3.11. The number of amides is 1. The van der Waals surface area contributed by atoms with Gasteiger partial charge in [0.1, 0.15) is 10.7 Å². The van der Waals surface area contributed by atoms with Crippen molar-refractivity contribution < 1.29 is 4.79 Å². The fourth-order valence-corrected chi connectivity index (χ4v) is 2.02. The van der Waals surface area contributed by atoms with Crippen LogP contribution in [0.5, 0.6) is 0 Å². The highest BCUT2D eigenvalue weighted by Gasteiger charge is 2.16. The molecule has 0 radical (unpaired) electrons. The van der Waals surface area contributed by atoms with E-state index in [9.17, 15) is 4.79 Å². The number of carbonyl (C=O) groups is 1. The van der Waals surface area contributed by atoms with Gasteiger partial charge in [0.15, 0.2) is 0 Å². The summed E-state index contributed by atoms with van der Waals surface area (Å²) in [6, 6.07) is 3.66. The SMILES string of the molecule is CCN(CC)C(=O)CN(C)c1cccnc1C(N)=S. The first-order valence-corrected chi connectivity index (χ1v) is 6.65. The van der Waals surface area contributed by atoms with Gasteiger partial charge in [-0.15, -0.1) is 0 Å². The number of rotatable bonds is 6. The zero-order valence-electron chi connectivity index (χ0n) is 11.6. The number of likely N-dealkylation sites (N-methyl/N-ethyl adjacent to an activating group) is 2. The standard InChI is InChI=1S/C13H20N4OS/c1-4-17(5-2)11(18)9-16(3)10-7-6-8-15-12(10)13(14)19/h6-8H,4-5,9H2,1-3H3,(H2,14,19). The molecule has 0 saturated carbocycles. The Morgan fingerprint density at radius 3 is 2.58 bits per heavy atom. The van der Waals surface area contributed by atoms with Gasteiger partial charge in [0.2, 0.25) is 5.91 Å². The Balaban J connectivity index is 2.87. The lowest BCUT2D eigenvalue weighted by molar-refractivity contribution is -0.129. The monoisotopic (exact) mass is 280 g/mol. The van der Waals surface area contributed by atoms with E-state index in [1.807, 2.05) is 31.9 Å². The molecule has 0 unspecified atom stereocenters. The summed E-state index contributed by atoms with van der Waals surface area (Å²) in [7, 11) is 1.83. The van der Waals surface area contributed by atoms with Gasteiger partial charge in [0, 0.05) is 26.3 Å². The molecule has 0 aliphatic heterocycles. The van der Waals surface area contributed by atoms with Crippen molar-refractivity contribution in [3.63, 3.8) is 0 Å². The smallest absolute Gasteiger partial charge is 0.242 e. The van der Waals surface area contributed by atoms with E-state index in [2.05, 4.69) is 4.98 Å². The summed E-state index contributed by atoms with van der Waals surface area (Å²) in [5, 5.41) is 0. The van der Waals surface area contributed by atoms with Crippen molar-refractivity contribution in [3.8, 4) is 0 Å². The Bertz CT molecular complexity index is 460. The first-order chi connectivity index (χ1) is 9.01. The summed E-state index contributed by atoms with van der Waals surface area (Å²) in [5.41, 5.74) is 6.96. The van der Waals surface area contributed by atoms with Crippen LogP contribution < -0.4 is 10.6 Å². The van der Waals surface area contributed by atoms with Gasteiger partial charge < -0.3 is 15.5 Å². The van der Waals surface area contributed by atoms with Gasteiger partial charge in [0.25, 0.3) is 0 Å². The molecule has 0 atom stereocenters. The molecule has 1 heterocycles. The Labute approximate surface area is 119 Å². The molecule has 0 bridgehead atoms. The van der Waals surface area contributed by atoms with Crippen LogP contribution >= 0.6 is 12.2 Å². The molecule has 19 heavy (non-hydrogen) atoms. The maximum absolute atomic E-state index is 12.1. The predicted molar refractivity (Wildman–Crippen MR) is 81.3 cm³/mol. The average molecular weight is 280 g/mol. The van der Waals surface area contributed by atoms with Crippen LogP contribution in [-0.4, -0.2) is 47.5 Å². The molecule has 1 aromatic heterocycles. The molecule has 104 valence electrons. The molecule has 5 nitrogen and oxygen atoms in total. The second-order valence-corrected chi connectivity index (χ2v) is 4.60. The van der Waals surface area contributed by atoms with E-state index in [0.717, 1.165) is 5.69 Å². The number of aromatic nitrogens is 1. The molecule has 0 aromatic carbocycles. The van der Waals surface area contributed by atoms with Crippen molar-refractivity contribution in [2.24, 2.45) is 5.73 Å². The van der Waals surface area contributed by atoms with Crippen LogP contribution in [0.3, 0.4) is 0 Å². The second kappa shape index (κ2) is 7.04. The minimum Gasteiger partial charge on any atom is -0.388 e. The number of pyridine rings is 1. The third-order valence-electron chi connectivity index (χ3n) is 2.92. The topological polar surface area (TPSA) is 62.5 Å². The van der Waals surface area contributed by atoms with E-state index >= 15 is 0 Å². The van der Waals surface area contributed by atoms with E-state index < -0.39 is 0 Å². The fourth-order valence-electron chi connectivity index (χ4n) is 1.86. The quantitative estimate of drug-likeness (QED) is 0.788. The molecule has 1 aromatic rings. The van der Waals surface area contributed by atoms with E-state index in [1.54, 1.807) is 17.2 Å². The number of carbonyl (C=O) groups excluding carboxylic acids is 1. The summed E-state index contributed by atoms with van der Waals surface area (Å²) in [5.74, 6) is 0.0743. The number of hydrogen-bond acceptors (Lipinski definition) is 4. The van der Waals surface area contributed by atoms with Gasteiger partial charge in [0.05, 0.1) is 12.2 Å². The highest BCUT2D eigenvalue weighted by atomic mass is 32.1. The molecule has 0 aliphatic carbocycles. The van der Waals surface area contributed by atoms with Gasteiger partial charge in [-0.2, -0.15) is 0 Å². The van der Waals surface area contributed by atoms with Crippen LogP contribution in [0.25, 0.3) is 0 Å². The van der Waals surface area contributed by atoms with Gasteiger partial charge in [-0.25, -0.2) is 0 Å². The van der Waals surface area contributed by atoms with Gasteiger partial charge in [-0.05, 0) is 26.0 Å². The summed E-state index contributed by atoms with van der Waals surface area (Å²) in [6.45, 7) is 5.62. The number of nitrogens with zero attached hydrogens (tertiary/aromatic N) is 3. The third kappa shape index (κ3) is 3.89. The Morgan fingerprint density at radius 1 is 1.42 bits per heavy atom. The number of anilines is 1. The van der Waals surface area contributed by atoms with E-state index in [4.69, 9.17) is 18.0 Å². The zero-order valence-corrected chi connectivity index (χ0v) is 12.4. The lowest BCUT2D eigenvalue weighted by Crippen LogP contribution is -2.39. The highest BCUT2D eigenvalue weighted by molar-refractivity contribution is 7.80. The summed E-state index contributed by atoms with van der Waals surface area (Å²) in [4.78, 5) is 20.1. The summed E-state index contributed by atoms with van der Waals surface area (Å²) < 4.78 is 0. The largest absolute Gasteiger partial charge is 0.388 e. The molecule has 0 spiro atoms. The fraction of sp³-hybridized carbons (Fsp3) is 0.462. The Kier molecular flexibility index (Phi) is 5.69. The van der Waals surface area contributed by atoms with Crippen molar-refractivity contribution in [2.45, 2.75) is 13.8 Å². The van der Waals surface area contributed by atoms with E-state index in [0.29, 0.717) is 18.8 Å². The molecule has 2 N–H and O–H groups in total. The number of hydrogen-bond donors (Lipinski definition) is 1. The van der Waals surface area contributed by atoms with Crippen molar-refractivity contribution >= 4 is 28.8 Å². The maximum Gasteiger partial charge on any atom is 0.242 e. The van der Waals surface area contributed by atoms with Crippen molar-refractivity contribution in [1.29, 1.82) is 0 Å². The number of thiocarbonyl (C=S) groups is 1. The minimum absolute atomic E-state index is 0.0743. The van der Waals surface area contributed by atoms with Gasteiger partial charge in [-0.3, -0.25) is 9.78 Å². The summed E-state index contributed by atoms with van der Waals surface area (Å²) >= 11 is 4.97. The summed E-state index contributed by atoms with van der Waals surface area (Å²) in [6.07, 6.45) is 1.64. The van der Waals surface area contributed by atoms with Crippen molar-refractivity contribution in [3.05, 3.63) is 24.0 Å². The average Bonchev–Trinajstić information content (AvgIpc) is 2.40. The highest BCUT2D eigenvalue weighted by Crippen LogP contribution is 2.16. The molecule has 0 fully saturated rings. The normalized spacial score (nSPS) is 10.1. The second-order valence-electron chi connectivity index (χ2n) is 4.16. The van der Waals surface area contributed by atoms with Crippen LogP contribution in [0, 0.1) is 0 Å². The van der Waals surface area contributed by atoms with Crippen molar-refractivity contribution in [2.75, 3.05) is 31.6 Å². The van der Waals surface area contributed by atoms with E-state index in [1.165, 1.54) is 0 Å². The molecule has 0 saturated heterocycles. The molecule has 6 heteroatoms. The number of nitrogens with two attached hydrogens (primary N) is 1.